The van der Waals surface area contributed by atoms with Crippen LogP contribution in [0.4, 0.5) is 11.6 Å². The summed E-state index contributed by atoms with van der Waals surface area (Å²) < 4.78 is 7.26. The third-order valence-corrected chi connectivity index (χ3v) is 3.97. The third-order valence-electron chi connectivity index (χ3n) is 3.97. The summed E-state index contributed by atoms with van der Waals surface area (Å²) >= 11 is 0. The van der Waals surface area contributed by atoms with E-state index in [-0.39, 0.29) is 0 Å². The fraction of sp³-hybridized carbons (Fsp3) is 0.312. The fourth-order valence-electron chi connectivity index (χ4n) is 2.83. The van der Waals surface area contributed by atoms with Gasteiger partial charge < -0.3 is 9.42 Å². The minimum Gasteiger partial charge on any atom is -0.332 e. The predicted octanol–water partition coefficient (Wildman–Crippen LogP) is 3.04. The van der Waals surface area contributed by atoms with Gasteiger partial charge in [-0.1, -0.05) is 18.2 Å². The molecular formula is C16H17N5O. The highest BCUT2D eigenvalue weighted by Gasteiger charge is 2.22. The van der Waals surface area contributed by atoms with E-state index in [1.807, 2.05) is 23.9 Å². The molecule has 0 spiro atoms. The molecule has 0 N–H and O–H groups in total. The van der Waals surface area contributed by atoms with Gasteiger partial charge in [-0.25, -0.2) is 0 Å². The maximum absolute atomic E-state index is 5.42. The second-order valence-electron chi connectivity index (χ2n) is 5.37. The summed E-state index contributed by atoms with van der Waals surface area (Å²) in [6.45, 7) is 3.77. The van der Waals surface area contributed by atoms with E-state index in [0.717, 1.165) is 31.5 Å². The second kappa shape index (κ2) is 5.29. The highest BCUT2D eigenvalue weighted by Crippen LogP contribution is 2.32. The number of anilines is 2. The van der Waals surface area contributed by atoms with Crippen molar-refractivity contribution in [3.05, 3.63) is 42.2 Å². The zero-order valence-electron chi connectivity index (χ0n) is 12.4. The zero-order valence-corrected chi connectivity index (χ0v) is 12.4. The molecule has 1 aromatic carbocycles. The monoisotopic (exact) mass is 295 g/mol. The van der Waals surface area contributed by atoms with E-state index in [4.69, 9.17) is 4.52 Å². The molecule has 0 radical (unpaired) electrons. The van der Waals surface area contributed by atoms with Crippen molar-refractivity contribution in [3.8, 4) is 11.5 Å². The lowest BCUT2D eigenvalue weighted by Gasteiger charge is -2.27. The number of para-hydroxylation sites is 1. The first-order valence-electron chi connectivity index (χ1n) is 7.57. The van der Waals surface area contributed by atoms with Crippen LogP contribution in [0.25, 0.3) is 11.5 Å². The van der Waals surface area contributed by atoms with E-state index in [1.165, 1.54) is 11.3 Å². The highest BCUT2D eigenvalue weighted by atomic mass is 16.5. The molecule has 0 aliphatic carbocycles. The Labute approximate surface area is 128 Å². The van der Waals surface area contributed by atoms with Gasteiger partial charge in [0.25, 0.3) is 11.8 Å². The van der Waals surface area contributed by atoms with E-state index in [1.54, 1.807) is 6.20 Å². The van der Waals surface area contributed by atoms with Gasteiger partial charge in [0.1, 0.15) is 0 Å². The number of aromatic nitrogens is 4. The van der Waals surface area contributed by atoms with Crippen LogP contribution in [0.5, 0.6) is 0 Å². The van der Waals surface area contributed by atoms with Gasteiger partial charge in [-0.3, -0.25) is 4.68 Å². The smallest absolute Gasteiger partial charge is 0.270 e. The van der Waals surface area contributed by atoms with Crippen LogP contribution in [0.15, 0.2) is 41.2 Å². The van der Waals surface area contributed by atoms with Crippen LogP contribution in [0, 0.1) is 0 Å². The third kappa shape index (κ3) is 2.16. The average molecular weight is 295 g/mol. The number of benzene rings is 1. The Morgan fingerprint density at radius 2 is 2.18 bits per heavy atom. The summed E-state index contributed by atoms with van der Waals surface area (Å²) in [5.41, 5.74) is 3.36. The Kier molecular flexibility index (Phi) is 3.14. The summed E-state index contributed by atoms with van der Waals surface area (Å²) in [5.74, 6) is 1.13. The van der Waals surface area contributed by atoms with Gasteiger partial charge in [0.2, 0.25) is 0 Å². The maximum atomic E-state index is 5.42. The minimum atomic E-state index is 0.512. The average Bonchev–Trinajstić information content (AvgIpc) is 3.23. The van der Waals surface area contributed by atoms with Crippen molar-refractivity contribution >= 4 is 11.6 Å². The van der Waals surface area contributed by atoms with E-state index in [2.05, 4.69) is 38.3 Å². The SMILES string of the molecule is CCn1cc(-c2nc(N3CCCc4ccccc43)no2)cn1. The quantitative estimate of drug-likeness (QED) is 0.743. The van der Waals surface area contributed by atoms with Crippen LogP contribution in [0.2, 0.25) is 0 Å². The zero-order chi connectivity index (χ0) is 14.9. The van der Waals surface area contributed by atoms with Crippen molar-refractivity contribution < 1.29 is 4.52 Å². The highest BCUT2D eigenvalue weighted by molar-refractivity contribution is 5.64. The van der Waals surface area contributed by atoms with Gasteiger partial charge in [0, 0.05) is 25.0 Å². The molecule has 1 aliphatic heterocycles. The molecule has 3 aromatic rings. The molecule has 1 aliphatic rings. The first-order valence-corrected chi connectivity index (χ1v) is 7.57. The number of fused-ring (bicyclic) bond motifs is 1. The van der Waals surface area contributed by atoms with E-state index < -0.39 is 0 Å². The predicted molar refractivity (Wildman–Crippen MR) is 83.0 cm³/mol. The molecule has 0 bridgehead atoms. The molecule has 0 atom stereocenters. The standard InChI is InChI=1S/C16H17N5O/c1-2-20-11-13(10-17-20)15-18-16(19-22-15)21-9-5-7-12-6-3-4-8-14(12)21/h3-4,6,8,10-11H,2,5,7,9H2,1H3. The van der Waals surface area contributed by atoms with Crippen molar-refractivity contribution in [2.24, 2.45) is 0 Å². The summed E-state index contributed by atoms with van der Waals surface area (Å²) in [6, 6.07) is 8.39. The molecule has 4 rings (SSSR count). The van der Waals surface area contributed by atoms with Crippen LogP contribution < -0.4 is 4.90 Å². The molecule has 3 heterocycles. The van der Waals surface area contributed by atoms with Crippen LogP contribution >= 0.6 is 0 Å². The number of rotatable bonds is 3. The Bertz CT molecular complexity index is 791. The molecule has 2 aromatic heterocycles. The van der Waals surface area contributed by atoms with Crippen molar-refractivity contribution in [2.75, 3.05) is 11.4 Å². The molecule has 6 nitrogen and oxygen atoms in total. The van der Waals surface area contributed by atoms with Crippen molar-refractivity contribution in [1.82, 2.24) is 19.9 Å². The van der Waals surface area contributed by atoms with Gasteiger partial charge in [-0.2, -0.15) is 10.1 Å². The molecule has 0 saturated carbocycles. The molecule has 0 saturated heterocycles. The maximum Gasteiger partial charge on any atom is 0.270 e. The lowest BCUT2D eigenvalue weighted by Crippen LogP contribution is -2.25. The second-order valence-corrected chi connectivity index (χ2v) is 5.37. The van der Waals surface area contributed by atoms with E-state index in [0.29, 0.717) is 11.8 Å². The molecule has 0 unspecified atom stereocenters. The Morgan fingerprint density at radius 1 is 1.27 bits per heavy atom. The number of hydrogen-bond donors (Lipinski definition) is 0. The van der Waals surface area contributed by atoms with Crippen LogP contribution in [-0.2, 0) is 13.0 Å². The largest absolute Gasteiger partial charge is 0.332 e. The lowest BCUT2D eigenvalue weighted by molar-refractivity contribution is 0.430. The molecule has 6 heteroatoms. The van der Waals surface area contributed by atoms with Crippen LogP contribution in [-0.4, -0.2) is 26.5 Å². The Hall–Kier alpha value is -2.63. The minimum absolute atomic E-state index is 0.512. The van der Waals surface area contributed by atoms with Crippen molar-refractivity contribution in [1.29, 1.82) is 0 Å². The summed E-state index contributed by atoms with van der Waals surface area (Å²) in [6.07, 6.45) is 5.86. The molecule has 0 fully saturated rings. The van der Waals surface area contributed by atoms with Gasteiger partial charge in [0.15, 0.2) is 0 Å². The normalized spacial score (nSPS) is 14.1. The molecule has 0 amide bonds. The van der Waals surface area contributed by atoms with Gasteiger partial charge in [0.05, 0.1) is 11.8 Å². The van der Waals surface area contributed by atoms with Gasteiger partial charge in [-0.15, -0.1) is 0 Å². The van der Waals surface area contributed by atoms with Gasteiger partial charge >= 0.3 is 0 Å². The number of nitrogens with zero attached hydrogens (tertiary/aromatic N) is 5. The molecule has 22 heavy (non-hydrogen) atoms. The molecule has 112 valence electrons. The van der Waals surface area contributed by atoms with Crippen molar-refractivity contribution in [2.45, 2.75) is 26.3 Å². The lowest BCUT2D eigenvalue weighted by atomic mass is 10.0. The van der Waals surface area contributed by atoms with E-state index >= 15 is 0 Å². The fourth-order valence-corrected chi connectivity index (χ4v) is 2.83. The Balaban J connectivity index is 1.67. The Morgan fingerprint density at radius 3 is 3.05 bits per heavy atom. The van der Waals surface area contributed by atoms with Crippen LogP contribution in [0.1, 0.15) is 18.9 Å². The summed E-state index contributed by atoms with van der Waals surface area (Å²) in [4.78, 5) is 6.67. The first-order chi connectivity index (χ1) is 10.8. The number of hydrogen-bond acceptors (Lipinski definition) is 5. The summed E-state index contributed by atoms with van der Waals surface area (Å²) in [5, 5.41) is 8.40. The topological polar surface area (TPSA) is 60.0 Å². The molecular weight excluding hydrogens is 278 g/mol. The van der Waals surface area contributed by atoms with E-state index in [9.17, 15) is 0 Å². The van der Waals surface area contributed by atoms with Crippen LogP contribution in [0.3, 0.4) is 0 Å². The number of aryl methyl sites for hydroxylation is 2. The summed E-state index contributed by atoms with van der Waals surface area (Å²) in [7, 11) is 0. The van der Waals surface area contributed by atoms with Gasteiger partial charge in [-0.05, 0) is 36.6 Å². The van der Waals surface area contributed by atoms with Crippen molar-refractivity contribution in [3.63, 3.8) is 0 Å². The first kappa shape index (κ1) is 13.1.